The Hall–Kier alpha value is -4.39. The number of benzene rings is 4. The number of allylic oxidation sites excluding steroid dienone is 2. The largest absolute Gasteiger partial charge is 0.497 e. The highest BCUT2D eigenvalue weighted by molar-refractivity contribution is 7.79. The molecule has 0 spiro atoms. The Kier molecular flexibility index (Phi) is 21.7. The van der Waals surface area contributed by atoms with Crippen molar-refractivity contribution < 1.29 is 24.2 Å². The van der Waals surface area contributed by atoms with E-state index in [0.29, 0.717) is 5.56 Å². The molecule has 4 aromatic rings. The van der Waals surface area contributed by atoms with Gasteiger partial charge in [-0.25, -0.2) is 0 Å². The maximum atomic E-state index is 10.2. The number of carbonyl (C=O) groups excluding carboxylic acids is 2. The zero-order valence-corrected chi connectivity index (χ0v) is 27.5. The van der Waals surface area contributed by atoms with E-state index in [0.717, 1.165) is 54.8 Å². The minimum Gasteiger partial charge on any atom is -0.497 e. The number of aliphatic hydroxyl groups is 1. The van der Waals surface area contributed by atoms with E-state index < -0.39 is 0 Å². The molecule has 1 N–H and O–H groups in total. The molecular weight excluding hydrogens is 568 g/mol. The molecule has 4 aromatic carbocycles. The van der Waals surface area contributed by atoms with E-state index in [-0.39, 0.29) is 0 Å². The molecule has 0 aliphatic rings. The Morgan fingerprint density at radius 3 is 1.95 bits per heavy atom. The molecule has 0 unspecified atom stereocenters. The number of hydrogen-bond acceptors (Lipinski definition) is 6. The summed E-state index contributed by atoms with van der Waals surface area (Å²) in [6.45, 7) is 15.9. The van der Waals surface area contributed by atoms with E-state index in [2.05, 4.69) is 94.3 Å². The van der Waals surface area contributed by atoms with Gasteiger partial charge in [-0.05, 0) is 83.6 Å². The molecule has 0 radical (unpaired) electrons. The van der Waals surface area contributed by atoms with Gasteiger partial charge in [-0.15, -0.1) is 0 Å². The Morgan fingerprint density at radius 1 is 0.864 bits per heavy atom. The maximum Gasteiger partial charge on any atom is 0.150 e. The lowest BCUT2D eigenvalue weighted by Gasteiger charge is -2.07. The monoisotopic (exact) mass is 614 g/mol. The van der Waals surface area contributed by atoms with Crippen molar-refractivity contribution in [2.45, 2.75) is 32.9 Å². The second-order valence-corrected chi connectivity index (χ2v) is 9.56. The zero-order chi connectivity index (χ0) is 33.3. The SMILES string of the molecule is C=CC(=C)C.C=O.CCCOc1ccc2cc(/C=C/c3ccc(OC)cc3C)ccc2c1.CO.O=Cc1ccc(CS)cc1. The molecule has 0 atom stereocenters. The van der Waals surface area contributed by atoms with Crippen LogP contribution in [0.3, 0.4) is 0 Å². The first-order valence-electron chi connectivity index (χ1n) is 14.0. The van der Waals surface area contributed by atoms with Crippen LogP contribution in [0.25, 0.3) is 22.9 Å². The first kappa shape index (κ1) is 39.6. The standard InChI is InChI=1S/C23H24O2.C8H8OS.C5H8.CH4O.CH2O/c1-4-13-25-23-12-10-20-15-18(6-8-21(20)16-23)5-7-19-9-11-22(24-3)14-17(19)2;9-5-7-1-3-8(6-10)4-2-7;1-4-5(2)3;2*1-2/h5-12,14-16H,4,13H2,1-3H3;1-5,10H,6H2;4H,1-2H2,3H3;2H,1H3;1H2/b7-5+;;;;. The van der Waals surface area contributed by atoms with Crippen molar-refractivity contribution in [1.29, 1.82) is 0 Å². The van der Waals surface area contributed by atoms with Crippen LogP contribution in [0.15, 0.2) is 104 Å². The predicted octanol–water partition coefficient (Wildman–Crippen LogP) is 9.22. The summed E-state index contributed by atoms with van der Waals surface area (Å²) < 4.78 is 11.0. The second-order valence-electron chi connectivity index (χ2n) is 9.24. The molecule has 0 bridgehead atoms. The molecule has 234 valence electrons. The van der Waals surface area contributed by atoms with Crippen LogP contribution in [0.1, 0.15) is 52.9 Å². The first-order chi connectivity index (χ1) is 21.3. The maximum absolute atomic E-state index is 10.2. The van der Waals surface area contributed by atoms with E-state index in [1.807, 2.05) is 38.0 Å². The summed E-state index contributed by atoms with van der Waals surface area (Å²) in [4.78, 5) is 18.2. The van der Waals surface area contributed by atoms with Crippen molar-refractivity contribution in [2.24, 2.45) is 0 Å². The molecule has 4 rings (SSSR count). The quantitative estimate of drug-likeness (QED) is 0.0851. The summed E-state index contributed by atoms with van der Waals surface area (Å²) in [6, 6.07) is 26.3. The average Bonchev–Trinajstić information content (AvgIpc) is 3.08. The van der Waals surface area contributed by atoms with Crippen molar-refractivity contribution in [2.75, 3.05) is 20.8 Å². The lowest BCUT2D eigenvalue weighted by molar-refractivity contribution is -0.0980. The number of fused-ring (bicyclic) bond motifs is 1. The summed E-state index contributed by atoms with van der Waals surface area (Å²) in [5.74, 6) is 2.55. The number of rotatable bonds is 9. The fourth-order valence-electron chi connectivity index (χ4n) is 3.51. The van der Waals surface area contributed by atoms with Gasteiger partial charge < -0.3 is 19.4 Å². The Balaban J connectivity index is 0.000000802. The molecule has 6 heteroatoms. The average molecular weight is 615 g/mol. The molecule has 5 nitrogen and oxygen atoms in total. The molecule has 44 heavy (non-hydrogen) atoms. The van der Waals surface area contributed by atoms with Crippen LogP contribution in [0.5, 0.6) is 11.5 Å². The van der Waals surface area contributed by atoms with Crippen molar-refractivity contribution in [3.05, 3.63) is 131 Å². The summed E-state index contributed by atoms with van der Waals surface area (Å²) in [6.07, 6.45) is 7.87. The van der Waals surface area contributed by atoms with Gasteiger partial charge in [-0.1, -0.05) is 92.4 Å². The third-order valence-electron chi connectivity index (χ3n) is 5.89. The minimum atomic E-state index is 0.713. The number of thiol groups is 1. The fraction of sp³-hybridized carbons (Fsp3) is 0.211. The predicted molar refractivity (Wildman–Crippen MR) is 191 cm³/mol. The van der Waals surface area contributed by atoms with Crippen molar-refractivity contribution in [3.8, 4) is 11.5 Å². The van der Waals surface area contributed by atoms with Crippen molar-refractivity contribution in [1.82, 2.24) is 0 Å². The van der Waals surface area contributed by atoms with E-state index in [9.17, 15) is 4.79 Å². The molecule has 0 heterocycles. The molecular formula is C38H46O5S. The van der Waals surface area contributed by atoms with E-state index in [4.69, 9.17) is 19.4 Å². The van der Waals surface area contributed by atoms with Gasteiger partial charge in [0.05, 0.1) is 13.7 Å². The lowest BCUT2D eigenvalue weighted by Crippen LogP contribution is -1.94. The molecule has 0 aromatic heterocycles. The summed E-state index contributed by atoms with van der Waals surface area (Å²) >= 11 is 4.09. The Labute approximate surface area is 269 Å². The van der Waals surface area contributed by atoms with Crippen LogP contribution in [-0.4, -0.2) is 39.0 Å². The molecule has 0 aliphatic carbocycles. The lowest BCUT2D eigenvalue weighted by atomic mass is 10.0. The van der Waals surface area contributed by atoms with Crippen molar-refractivity contribution in [3.63, 3.8) is 0 Å². The number of hydrogen-bond donors (Lipinski definition) is 2. The molecule has 0 fully saturated rings. The summed E-state index contributed by atoms with van der Waals surface area (Å²) in [5, 5.41) is 9.42. The highest BCUT2D eigenvalue weighted by atomic mass is 32.1. The smallest absolute Gasteiger partial charge is 0.150 e. The summed E-state index contributed by atoms with van der Waals surface area (Å²) in [7, 11) is 2.69. The number of methoxy groups -OCH3 is 1. The van der Waals surface area contributed by atoms with Gasteiger partial charge in [0.1, 0.15) is 24.6 Å². The Morgan fingerprint density at radius 2 is 1.43 bits per heavy atom. The topological polar surface area (TPSA) is 72.8 Å². The van der Waals surface area contributed by atoms with Crippen LogP contribution in [0.2, 0.25) is 0 Å². The highest BCUT2D eigenvalue weighted by Crippen LogP contribution is 2.24. The van der Waals surface area contributed by atoms with Gasteiger partial charge in [0.15, 0.2) is 0 Å². The summed E-state index contributed by atoms with van der Waals surface area (Å²) in [5.41, 5.74) is 6.45. The third kappa shape index (κ3) is 15.2. The highest BCUT2D eigenvalue weighted by Gasteiger charge is 2.00. The van der Waals surface area contributed by atoms with E-state index in [1.165, 1.54) is 27.5 Å². The third-order valence-corrected chi connectivity index (χ3v) is 6.25. The number of aryl methyl sites for hydroxylation is 1. The number of aldehydes is 1. The zero-order valence-electron chi connectivity index (χ0n) is 26.6. The van der Waals surface area contributed by atoms with Gasteiger partial charge >= 0.3 is 0 Å². The molecule has 0 amide bonds. The number of aliphatic hydroxyl groups excluding tert-OH is 1. The second kappa shape index (κ2) is 24.1. The van der Waals surface area contributed by atoms with Crippen LogP contribution in [0.4, 0.5) is 0 Å². The van der Waals surface area contributed by atoms with E-state index >= 15 is 0 Å². The van der Waals surface area contributed by atoms with Gasteiger partial charge in [-0.2, -0.15) is 12.6 Å². The van der Waals surface area contributed by atoms with Gasteiger partial charge in [0.2, 0.25) is 0 Å². The van der Waals surface area contributed by atoms with Crippen molar-refractivity contribution >= 4 is 48.6 Å². The normalized spacial score (nSPS) is 9.43. The van der Waals surface area contributed by atoms with Crippen LogP contribution in [0, 0.1) is 6.92 Å². The molecule has 0 aliphatic heterocycles. The Bertz CT molecular complexity index is 1440. The van der Waals surface area contributed by atoms with Gasteiger partial charge in [0.25, 0.3) is 0 Å². The fourth-order valence-corrected chi connectivity index (χ4v) is 3.72. The van der Waals surface area contributed by atoms with Crippen LogP contribution >= 0.6 is 12.6 Å². The molecule has 0 saturated heterocycles. The number of ether oxygens (including phenoxy) is 2. The van der Waals surface area contributed by atoms with Gasteiger partial charge in [-0.3, -0.25) is 4.79 Å². The minimum absolute atomic E-state index is 0.713. The van der Waals surface area contributed by atoms with E-state index in [1.54, 1.807) is 25.3 Å². The van der Waals surface area contributed by atoms with Crippen LogP contribution < -0.4 is 9.47 Å². The first-order valence-corrected chi connectivity index (χ1v) is 14.6. The number of carbonyl (C=O) groups is 2. The van der Waals surface area contributed by atoms with Crippen LogP contribution in [-0.2, 0) is 10.5 Å². The molecule has 0 saturated carbocycles. The van der Waals surface area contributed by atoms with Gasteiger partial charge in [0, 0.05) is 18.4 Å².